The van der Waals surface area contributed by atoms with Crippen molar-refractivity contribution in [3.05, 3.63) is 70.9 Å². The SMILES string of the molecule is CCCCc1cc2ccccc2c(OCC[N+](C)(C)CC(c2cc(F)c(CN3CCOCC3)cc2F)N2CCC(C(N)=O)C2)n1. The van der Waals surface area contributed by atoms with Crippen LogP contribution in [0.25, 0.3) is 10.8 Å². The van der Waals surface area contributed by atoms with E-state index in [1.54, 1.807) is 0 Å². The van der Waals surface area contributed by atoms with Gasteiger partial charge in [0.05, 0.1) is 45.8 Å². The van der Waals surface area contributed by atoms with E-state index >= 15 is 8.78 Å². The number of nitrogens with two attached hydrogens (primary N) is 1. The van der Waals surface area contributed by atoms with Gasteiger partial charge < -0.3 is 19.7 Å². The highest BCUT2D eigenvalue weighted by Crippen LogP contribution is 2.33. The first-order chi connectivity index (χ1) is 21.6. The Bertz CT molecular complexity index is 1460. The molecule has 2 aliphatic rings. The van der Waals surface area contributed by atoms with Crippen molar-refractivity contribution in [1.82, 2.24) is 14.8 Å². The summed E-state index contributed by atoms with van der Waals surface area (Å²) in [7, 11) is 4.14. The van der Waals surface area contributed by atoms with E-state index in [1.165, 1.54) is 12.1 Å². The standard InChI is InChI=1S/C35H47F2N5O3/c1-4-5-9-28-19-25-8-6-7-10-29(25)35(39-28)45-18-15-42(2,3)24-33(41-12-11-26(23-41)34(38)43)30-21-31(36)27(20-32(30)37)22-40-13-16-44-17-14-40/h6-8,10,19-21,26,33H,4-5,9,11-18,22-24H2,1-3H3,(H-,38,43)/p+1. The number of aromatic nitrogens is 1. The second-order valence-corrected chi connectivity index (χ2v) is 13.2. The first-order valence-corrected chi connectivity index (χ1v) is 16.3. The summed E-state index contributed by atoms with van der Waals surface area (Å²) in [6.07, 6.45) is 3.66. The summed E-state index contributed by atoms with van der Waals surface area (Å²) in [6, 6.07) is 12.5. The number of halogens is 2. The molecule has 0 radical (unpaired) electrons. The minimum Gasteiger partial charge on any atom is -0.471 e. The number of unbranched alkanes of at least 4 members (excludes halogenated alkanes) is 1. The summed E-state index contributed by atoms with van der Waals surface area (Å²) < 4.78 is 43.7. The molecule has 3 aromatic rings. The lowest BCUT2D eigenvalue weighted by atomic mass is 10.00. The maximum absolute atomic E-state index is 15.9. The number of carbonyl (C=O) groups is 1. The Morgan fingerprint density at radius 2 is 1.91 bits per heavy atom. The highest BCUT2D eigenvalue weighted by molar-refractivity contribution is 5.87. The molecule has 0 bridgehead atoms. The van der Waals surface area contributed by atoms with Gasteiger partial charge in [0.1, 0.15) is 24.8 Å². The van der Waals surface area contributed by atoms with Crippen LogP contribution in [0.1, 0.15) is 49.0 Å². The molecule has 2 N–H and O–H groups in total. The average Bonchev–Trinajstić information content (AvgIpc) is 3.52. The minimum absolute atomic E-state index is 0.306. The molecule has 10 heteroatoms. The molecule has 2 aliphatic heterocycles. The zero-order valence-electron chi connectivity index (χ0n) is 26.9. The van der Waals surface area contributed by atoms with E-state index in [0.717, 1.165) is 35.7 Å². The Balaban J connectivity index is 1.33. The number of pyridine rings is 1. The van der Waals surface area contributed by atoms with Crippen LogP contribution in [0.3, 0.4) is 0 Å². The number of carbonyl (C=O) groups excluding carboxylic acids is 1. The molecule has 2 saturated heterocycles. The van der Waals surface area contributed by atoms with Gasteiger partial charge in [-0.3, -0.25) is 14.6 Å². The molecule has 3 heterocycles. The number of fused-ring (bicyclic) bond motifs is 1. The van der Waals surface area contributed by atoms with Crippen LogP contribution >= 0.6 is 0 Å². The zero-order valence-corrected chi connectivity index (χ0v) is 26.9. The van der Waals surface area contributed by atoms with Crippen molar-refractivity contribution in [2.45, 2.75) is 45.2 Å². The number of hydrogen-bond donors (Lipinski definition) is 1. The second kappa shape index (κ2) is 14.9. The number of rotatable bonds is 14. The van der Waals surface area contributed by atoms with Crippen molar-refractivity contribution >= 4 is 16.7 Å². The van der Waals surface area contributed by atoms with Crippen molar-refractivity contribution in [3.63, 3.8) is 0 Å². The van der Waals surface area contributed by atoms with Crippen molar-refractivity contribution in [2.75, 3.05) is 73.2 Å². The Hall–Kier alpha value is -3.18. The van der Waals surface area contributed by atoms with Crippen LogP contribution in [0.5, 0.6) is 5.88 Å². The normalized spacial score (nSPS) is 18.8. The molecule has 244 valence electrons. The highest BCUT2D eigenvalue weighted by atomic mass is 19.1. The van der Waals surface area contributed by atoms with Crippen molar-refractivity contribution in [1.29, 1.82) is 0 Å². The van der Waals surface area contributed by atoms with Crippen LogP contribution in [-0.4, -0.2) is 98.4 Å². The molecule has 2 aromatic carbocycles. The molecule has 8 nitrogen and oxygen atoms in total. The van der Waals surface area contributed by atoms with E-state index in [2.05, 4.69) is 43.0 Å². The van der Waals surface area contributed by atoms with E-state index in [0.29, 0.717) is 93.5 Å². The molecule has 0 spiro atoms. The number of morpholine rings is 1. The molecule has 2 atom stereocenters. The van der Waals surface area contributed by atoms with Crippen LogP contribution in [0.15, 0.2) is 42.5 Å². The van der Waals surface area contributed by atoms with Crippen molar-refractivity contribution in [2.24, 2.45) is 11.7 Å². The van der Waals surface area contributed by atoms with Gasteiger partial charge in [0.2, 0.25) is 11.8 Å². The number of benzene rings is 2. The van der Waals surface area contributed by atoms with E-state index in [4.69, 9.17) is 20.2 Å². The maximum atomic E-state index is 15.9. The van der Waals surface area contributed by atoms with Gasteiger partial charge in [-0.15, -0.1) is 0 Å². The topological polar surface area (TPSA) is 80.9 Å². The second-order valence-electron chi connectivity index (χ2n) is 13.2. The lowest BCUT2D eigenvalue weighted by molar-refractivity contribution is -0.893. The molecule has 45 heavy (non-hydrogen) atoms. The Morgan fingerprint density at radius 1 is 1.13 bits per heavy atom. The van der Waals surface area contributed by atoms with Gasteiger partial charge in [0.15, 0.2) is 0 Å². The van der Waals surface area contributed by atoms with Crippen molar-refractivity contribution in [3.8, 4) is 5.88 Å². The summed E-state index contributed by atoms with van der Waals surface area (Å²) in [5.74, 6) is -0.874. The van der Waals surface area contributed by atoms with E-state index in [9.17, 15) is 4.79 Å². The number of likely N-dealkylation sites (tertiary alicyclic amines) is 1. The summed E-state index contributed by atoms with van der Waals surface area (Å²) in [5, 5.41) is 2.08. The number of primary amides is 1. The first-order valence-electron chi connectivity index (χ1n) is 16.3. The number of ether oxygens (including phenoxy) is 2. The third-order valence-corrected chi connectivity index (χ3v) is 9.23. The molecule has 2 unspecified atom stereocenters. The van der Waals surface area contributed by atoms with E-state index in [1.807, 2.05) is 18.2 Å². The van der Waals surface area contributed by atoms with Gasteiger partial charge in [0.25, 0.3) is 0 Å². The lowest BCUT2D eigenvalue weighted by Crippen LogP contribution is -2.49. The minimum atomic E-state index is -0.437. The fourth-order valence-electron chi connectivity index (χ4n) is 6.46. The number of nitrogens with zero attached hydrogens (tertiary/aromatic N) is 4. The summed E-state index contributed by atoms with van der Waals surface area (Å²) in [4.78, 5) is 21.0. The maximum Gasteiger partial charge on any atom is 0.221 e. The molecule has 2 fully saturated rings. The average molecular weight is 625 g/mol. The molecular weight excluding hydrogens is 576 g/mol. The summed E-state index contributed by atoms with van der Waals surface area (Å²) >= 11 is 0. The van der Waals surface area contributed by atoms with E-state index < -0.39 is 17.7 Å². The molecule has 0 saturated carbocycles. The molecule has 1 aromatic heterocycles. The Labute approximate surface area is 265 Å². The van der Waals surface area contributed by atoms with Gasteiger partial charge in [-0.1, -0.05) is 31.5 Å². The van der Waals surface area contributed by atoms with Crippen molar-refractivity contribution < 1.29 is 27.5 Å². The lowest BCUT2D eigenvalue weighted by Gasteiger charge is -2.37. The zero-order chi connectivity index (χ0) is 32.0. The molecule has 1 amide bonds. The molecular formula is C35H48F2N5O3+. The number of aryl methyl sites for hydroxylation is 1. The number of amides is 1. The smallest absolute Gasteiger partial charge is 0.221 e. The number of likely N-dealkylation sites (N-methyl/N-ethyl adjacent to an activating group) is 1. The summed E-state index contributed by atoms with van der Waals surface area (Å²) in [6.45, 7) is 7.61. The Kier molecular flexibility index (Phi) is 11.0. The van der Waals surface area contributed by atoms with Crippen LogP contribution in [-0.2, 0) is 22.5 Å². The fraction of sp³-hybridized carbons (Fsp3) is 0.543. The van der Waals surface area contributed by atoms with Crippen LogP contribution in [0.2, 0.25) is 0 Å². The predicted molar refractivity (Wildman–Crippen MR) is 172 cm³/mol. The largest absolute Gasteiger partial charge is 0.471 e. The number of quaternary nitrogens is 1. The first kappa shape index (κ1) is 33.2. The predicted octanol–water partition coefficient (Wildman–Crippen LogP) is 4.69. The van der Waals surface area contributed by atoms with Gasteiger partial charge in [0, 0.05) is 48.4 Å². The van der Waals surface area contributed by atoms with Crippen LogP contribution < -0.4 is 10.5 Å². The number of hydrogen-bond acceptors (Lipinski definition) is 6. The van der Waals surface area contributed by atoms with Gasteiger partial charge in [-0.05, 0) is 55.5 Å². The van der Waals surface area contributed by atoms with Crippen LogP contribution in [0, 0.1) is 17.6 Å². The third kappa shape index (κ3) is 8.55. The molecule has 0 aliphatic carbocycles. The Morgan fingerprint density at radius 3 is 2.64 bits per heavy atom. The van der Waals surface area contributed by atoms with Gasteiger partial charge in [-0.2, -0.15) is 0 Å². The third-order valence-electron chi connectivity index (χ3n) is 9.23. The fourth-order valence-corrected chi connectivity index (χ4v) is 6.46. The van der Waals surface area contributed by atoms with E-state index in [-0.39, 0.29) is 11.8 Å². The van der Waals surface area contributed by atoms with Crippen LogP contribution in [0.4, 0.5) is 8.78 Å². The van der Waals surface area contributed by atoms with Gasteiger partial charge >= 0.3 is 0 Å². The quantitative estimate of drug-likeness (QED) is 0.262. The molecule has 5 rings (SSSR count). The highest BCUT2D eigenvalue weighted by Gasteiger charge is 2.37. The van der Waals surface area contributed by atoms with Gasteiger partial charge in [-0.25, -0.2) is 13.8 Å². The monoisotopic (exact) mass is 624 g/mol. The summed E-state index contributed by atoms with van der Waals surface area (Å²) in [5.41, 5.74) is 7.32.